The van der Waals surface area contributed by atoms with E-state index >= 15 is 0 Å². The number of hydrogen-bond acceptors (Lipinski definition) is 4. The van der Waals surface area contributed by atoms with Crippen molar-refractivity contribution in [2.24, 2.45) is 0 Å². The largest absolute Gasteiger partial charge is 0.496 e. The Kier molecular flexibility index (Phi) is 4.09. The number of rotatable bonds is 2. The average molecular weight is 344 g/mol. The molecule has 94 valence electrons. The molecule has 0 atom stereocenters. The molecule has 0 N–H and O–H groups in total. The highest BCUT2D eigenvalue weighted by Crippen LogP contribution is 2.33. The summed E-state index contributed by atoms with van der Waals surface area (Å²) in [5.74, 6) is 0.701. The van der Waals surface area contributed by atoms with Crippen LogP contribution < -0.4 is 4.74 Å². The van der Waals surface area contributed by atoms with Crippen LogP contribution in [0.4, 0.5) is 0 Å². The normalized spacial score (nSPS) is 17.7. The number of thiocarbonyl (C=S) groups is 1. The van der Waals surface area contributed by atoms with Crippen LogP contribution in [0, 0.1) is 0 Å². The highest BCUT2D eigenvalue weighted by atomic mass is 79.9. The van der Waals surface area contributed by atoms with Gasteiger partial charge in [0.2, 0.25) is 0 Å². The number of nitrogens with zero attached hydrogens (tertiary/aromatic N) is 1. The monoisotopic (exact) mass is 343 g/mol. The van der Waals surface area contributed by atoms with Gasteiger partial charge in [-0.15, -0.1) is 0 Å². The molecule has 0 saturated carbocycles. The summed E-state index contributed by atoms with van der Waals surface area (Å²) in [5.41, 5.74) is 0.927. The number of carbonyl (C=O) groups is 1. The maximum absolute atomic E-state index is 11.8. The van der Waals surface area contributed by atoms with Crippen LogP contribution in [-0.2, 0) is 4.79 Å². The van der Waals surface area contributed by atoms with Crippen LogP contribution in [-0.4, -0.2) is 29.3 Å². The van der Waals surface area contributed by atoms with Gasteiger partial charge in [-0.1, -0.05) is 30.0 Å². The Morgan fingerprint density at radius 3 is 2.72 bits per heavy atom. The van der Waals surface area contributed by atoms with Gasteiger partial charge < -0.3 is 4.74 Å². The number of ether oxygens (including phenoxy) is 1. The number of thioether (sulfide) groups is 1. The van der Waals surface area contributed by atoms with E-state index in [1.165, 1.54) is 16.7 Å². The fourth-order valence-electron chi connectivity index (χ4n) is 1.47. The van der Waals surface area contributed by atoms with Crippen LogP contribution in [0.1, 0.15) is 5.56 Å². The van der Waals surface area contributed by atoms with Crippen LogP contribution in [0.3, 0.4) is 0 Å². The van der Waals surface area contributed by atoms with E-state index in [-0.39, 0.29) is 5.91 Å². The number of likely N-dealkylation sites (N-methyl/N-ethyl adjacent to an activating group) is 1. The van der Waals surface area contributed by atoms with Gasteiger partial charge in [0, 0.05) is 7.05 Å². The maximum Gasteiger partial charge on any atom is 0.265 e. The Balaban J connectivity index is 2.32. The van der Waals surface area contributed by atoms with Crippen molar-refractivity contribution in [3.8, 4) is 5.75 Å². The summed E-state index contributed by atoms with van der Waals surface area (Å²) < 4.78 is 6.59. The number of hydrogen-bond donors (Lipinski definition) is 0. The molecule has 1 saturated heterocycles. The molecule has 0 bridgehead atoms. The van der Waals surface area contributed by atoms with Crippen molar-refractivity contribution in [1.29, 1.82) is 0 Å². The van der Waals surface area contributed by atoms with Crippen molar-refractivity contribution in [3.05, 3.63) is 33.1 Å². The van der Waals surface area contributed by atoms with Gasteiger partial charge >= 0.3 is 0 Å². The summed E-state index contributed by atoms with van der Waals surface area (Å²) in [7, 11) is 3.30. The first-order valence-corrected chi connectivity index (χ1v) is 7.10. The minimum absolute atomic E-state index is 0.0584. The highest BCUT2D eigenvalue weighted by molar-refractivity contribution is 9.10. The molecule has 1 aliphatic heterocycles. The minimum Gasteiger partial charge on any atom is -0.496 e. The van der Waals surface area contributed by atoms with Gasteiger partial charge in [0.15, 0.2) is 0 Å². The second kappa shape index (κ2) is 5.42. The second-order valence-corrected chi connectivity index (χ2v) is 6.16. The Hall–Kier alpha value is -0.850. The summed E-state index contributed by atoms with van der Waals surface area (Å²) in [6, 6.07) is 5.65. The molecule has 0 unspecified atom stereocenters. The van der Waals surface area contributed by atoms with E-state index < -0.39 is 0 Å². The maximum atomic E-state index is 11.8. The minimum atomic E-state index is -0.0584. The molecule has 0 spiro atoms. The van der Waals surface area contributed by atoms with Crippen LogP contribution in [0.25, 0.3) is 6.08 Å². The Bertz CT molecular complexity index is 557. The molecule has 0 radical (unpaired) electrons. The Labute approximate surface area is 123 Å². The van der Waals surface area contributed by atoms with Gasteiger partial charge in [0.25, 0.3) is 5.91 Å². The summed E-state index contributed by atoms with van der Waals surface area (Å²) in [5, 5.41) is 0. The Morgan fingerprint density at radius 2 is 2.22 bits per heavy atom. The van der Waals surface area contributed by atoms with E-state index in [4.69, 9.17) is 17.0 Å². The van der Waals surface area contributed by atoms with Crippen molar-refractivity contribution >= 4 is 56.2 Å². The lowest BCUT2D eigenvalue weighted by Gasteiger charge is -2.04. The molecule has 1 heterocycles. The average Bonchev–Trinajstić information content (AvgIpc) is 2.57. The van der Waals surface area contributed by atoms with Gasteiger partial charge in [-0.25, -0.2) is 0 Å². The smallest absolute Gasteiger partial charge is 0.265 e. The van der Waals surface area contributed by atoms with Crippen molar-refractivity contribution in [1.82, 2.24) is 4.90 Å². The van der Waals surface area contributed by atoms with Crippen LogP contribution in [0.2, 0.25) is 0 Å². The van der Waals surface area contributed by atoms with E-state index in [9.17, 15) is 4.79 Å². The zero-order valence-corrected chi connectivity index (χ0v) is 13.0. The number of amides is 1. The first-order valence-electron chi connectivity index (χ1n) is 5.08. The summed E-state index contributed by atoms with van der Waals surface area (Å²) in [6.45, 7) is 0. The Morgan fingerprint density at radius 1 is 1.50 bits per heavy atom. The van der Waals surface area contributed by atoms with Gasteiger partial charge in [-0.3, -0.25) is 9.69 Å². The van der Waals surface area contributed by atoms with Crippen molar-refractivity contribution in [2.75, 3.05) is 14.2 Å². The second-order valence-electron chi connectivity index (χ2n) is 3.63. The predicted molar refractivity (Wildman–Crippen MR) is 81.6 cm³/mol. The van der Waals surface area contributed by atoms with Crippen molar-refractivity contribution < 1.29 is 9.53 Å². The molecular weight excluding hydrogens is 334 g/mol. The molecule has 3 nitrogen and oxygen atoms in total. The topological polar surface area (TPSA) is 29.5 Å². The lowest BCUT2D eigenvalue weighted by atomic mass is 10.2. The zero-order valence-electron chi connectivity index (χ0n) is 9.77. The fourth-order valence-corrected chi connectivity index (χ4v) is 3.21. The highest BCUT2D eigenvalue weighted by Gasteiger charge is 2.28. The molecule has 1 aromatic carbocycles. The van der Waals surface area contributed by atoms with Gasteiger partial charge in [0.05, 0.1) is 16.5 Å². The number of halogens is 1. The third-order valence-corrected chi connectivity index (χ3v) is 4.56. The SMILES string of the molecule is COc1ccc(C=C2SC(=S)N(C)C2=O)cc1Br. The van der Waals surface area contributed by atoms with E-state index in [1.807, 2.05) is 24.3 Å². The summed E-state index contributed by atoms with van der Waals surface area (Å²) >= 11 is 9.80. The lowest BCUT2D eigenvalue weighted by molar-refractivity contribution is -0.121. The molecule has 0 aliphatic carbocycles. The molecular formula is C12H10BrNO2S2. The van der Waals surface area contributed by atoms with E-state index in [1.54, 1.807) is 14.2 Å². The van der Waals surface area contributed by atoms with E-state index in [2.05, 4.69) is 15.9 Å². The molecule has 18 heavy (non-hydrogen) atoms. The standard InChI is InChI=1S/C12H10BrNO2S2/c1-14-11(15)10(18-12(14)17)6-7-3-4-9(16-2)8(13)5-7/h3-6H,1-2H3. The van der Waals surface area contributed by atoms with Crippen LogP contribution in [0.15, 0.2) is 27.6 Å². The third kappa shape index (κ3) is 2.60. The quantitative estimate of drug-likeness (QED) is 0.608. The van der Waals surface area contributed by atoms with Crippen molar-refractivity contribution in [3.63, 3.8) is 0 Å². The molecule has 1 fully saturated rings. The third-order valence-electron chi connectivity index (χ3n) is 2.46. The molecule has 2 rings (SSSR count). The van der Waals surface area contributed by atoms with Crippen LogP contribution >= 0.6 is 39.9 Å². The zero-order chi connectivity index (χ0) is 13.3. The molecule has 0 aromatic heterocycles. The summed E-state index contributed by atoms with van der Waals surface area (Å²) in [6.07, 6.45) is 1.83. The van der Waals surface area contributed by atoms with Crippen LogP contribution in [0.5, 0.6) is 5.75 Å². The number of carbonyl (C=O) groups excluding carboxylic acids is 1. The molecule has 1 aliphatic rings. The molecule has 6 heteroatoms. The first-order chi connectivity index (χ1) is 8.52. The number of methoxy groups -OCH3 is 1. The fraction of sp³-hybridized carbons (Fsp3) is 0.167. The van der Waals surface area contributed by atoms with E-state index in [0.29, 0.717) is 9.23 Å². The van der Waals surface area contributed by atoms with E-state index in [0.717, 1.165) is 15.8 Å². The van der Waals surface area contributed by atoms with Gasteiger partial charge in [-0.2, -0.15) is 0 Å². The molecule has 1 amide bonds. The predicted octanol–water partition coefficient (Wildman–Crippen LogP) is 3.29. The van der Waals surface area contributed by atoms with Crippen molar-refractivity contribution in [2.45, 2.75) is 0 Å². The molecule has 1 aromatic rings. The number of benzene rings is 1. The van der Waals surface area contributed by atoms with Gasteiger partial charge in [-0.05, 0) is 39.7 Å². The summed E-state index contributed by atoms with van der Waals surface area (Å²) in [4.78, 5) is 14.0. The lowest BCUT2D eigenvalue weighted by Crippen LogP contribution is -2.22. The van der Waals surface area contributed by atoms with Gasteiger partial charge in [0.1, 0.15) is 10.1 Å². The first kappa shape index (κ1) is 13.6.